The molecular formula is C12H12N4. The molecule has 4 heteroatoms. The van der Waals surface area contributed by atoms with E-state index in [1.54, 1.807) is 6.20 Å². The molecule has 0 radical (unpaired) electrons. The van der Waals surface area contributed by atoms with E-state index in [1.807, 2.05) is 37.6 Å². The van der Waals surface area contributed by atoms with Crippen LogP contribution in [0.1, 0.15) is 0 Å². The molecule has 0 aliphatic carbocycles. The Balaban J connectivity index is 2.74. The number of rotatable bonds is 0. The van der Waals surface area contributed by atoms with Gasteiger partial charge in [0.15, 0.2) is 0 Å². The zero-order valence-corrected chi connectivity index (χ0v) is 9.01. The van der Waals surface area contributed by atoms with Gasteiger partial charge in [0.05, 0.1) is 28.1 Å². The van der Waals surface area contributed by atoms with Crippen LogP contribution < -0.4 is 5.35 Å². The van der Waals surface area contributed by atoms with E-state index in [0.717, 1.165) is 21.9 Å². The SMILES string of the molecule is C=c1[nH]c2cnccc2n(C)n2cccc12. The van der Waals surface area contributed by atoms with Crippen molar-refractivity contribution in [3.05, 3.63) is 42.1 Å². The highest BCUT2D eigenvalue weighted by atomic mass is 15.3. The molecule has 0 aliphatic heterocycles. The maximum Gasteiger partial charge on any atom is 0.0854 e. The van der Waals surface area contributed by atoms with Crippen LogP contribution in [0.3, 0.4) is 0 Å². The highest BCUT2D eigenvalue weighted by molar-refractivity contribution is 5.73. The van der Waals surface area contributed by atoms with Gasteiger partial charge in [-0.25, -0.2) is 0 Å². The Bertz CT molecular complexity index is 743. The Labute approximate surface area is 92.1 Å². The first-order valence-corrected chi connectivity index (χ1v) is 5.09. The van der Waals surface area contributed by atoms with Crippen LogP contribution in [-0.4, -0.2) is 19.2 Å². The highest BCUT2D eigenvalue weighted by Crippen LogP contribution is 2.07. The van der Waals surface area contributed by atoms with E-state index >= 15 is 0 Å². The number of hydrogen-bond donors (Lipinski definition) is 1. The number of pyridine rings is 1. The molecule has 3 aromatic heterocycles. The summed E-state index contributed by atoms with van der Waals surface area (Å²) in [5.74, 6) is 0. The topological polar surface area (TPSA) is 38.0 Å². The quantitative estimate of drug-likeness (QED) is 0.601. The molecule has 0 saturated carbocycles. The summed E-state index contributed by atoms with van der Waals surface area (Å²) in [7, 11) is 2.02. The fraction of sp³-hybridized carbons (Fsp3) is 0.0833. The molecule has 4 nitrogen and oxygen atoms in total. The summed E-state index contributed by atoms with van der Waals surface area (Å²) in [4.78, 5) is 7.39. The summed E-state index contributed by atoms with van der Waals surface area (Å²) in [6, 6.07) is 6.01. The fourth-order valence-electron chi connectivity index (χ4n) is 1.98. The smallest absolute Gasteiger partial charge is 0.0854 e. The molecule has 0 saturated heterocycles. The van der Waals surface area contributed by atoms with Crippen LogP contribution in [0.2, 0.25) is 0 Å². The second-order valence-electron chi connectivity index (χ2n) is 3.76. The monoisotopic (exact) mass is 212 g/mol. The lowest BCUT2D eigenvalue weighted by atomic mass is 10.4. The van der Waals surface area contributed by atoms with Crippen LogP contribution in [0.15, 0.2) is 36.8 Å². The zero-order chi connectivity index (χ0) is 11.1. The molecule has 3 heterocycles. The average Bonchev–Trinajstić information content (AvgIpc) is 2.74. The molecule has 0 unspecified atom stereocenters. The van der Waals surface area contributed by atoms with E-state index < -0.39 is 0 Å². The predicted molar refractivity (Wildman–Crippen MR) is 64.4 cm³/mol. The molecule has 0 amide bonds. The second kappa shape index (κ2) is 3.13. The van der Waals surface area contributed by atoms with E-state index in [1.165, 1.54) is 0 Å². The summed E-state index contributed by atoms with van der Waals surface area (Å²) < 4.78 is 4.12. The minimum atomic E-state index is 0.878. The molecule has 0 aliphatic rings. The van der Waals surface area contributed by atoms with Gasteiger partial charge in [0, 0.05) is 19.4 Å². The number of fused-ring (bicyclic) bond motifs is 2. The summed E-state index contributed by atoms with van der Waals surface area (Å²) in [5.41, 5.74) is 3.10. The van der Waals surface area contributed by atoms with Crippen LogP contribution in [0, 0.1) is 0 Å². The molecule has 1 N–H and O–H groups in total. The Morgan fingerprint density at radius 1 is 1.31 bits per heavy atom. The Morgan fingerprint density at radius 2 is 2.19 bits per heavy atom. The first-order chi connectivity index (χ1) is 7.77. The van der Waals surface area contributed by atoms with Crippen molar-refractivity contribution >= 4 is 23.1 Å². The maximum atomic E-state index is 4.12. The molecule has 0 aromatic carbocycles. The third-order valence-electron chi connectivity index (χ3n) is 2.79. The molecule has 3 rings (SSSR count). The lowest BCUT2D eigenvalue weighted by Gasteiger charge is -2.02. The van der Waals surface area contributed by atoms with Crippen LogP contribution in [0.25, 0.3) is 23.1 Å². The number of aryl methyl sites for hydroxylation is 1. The maximum absolute atomic E-state index is 4.12. The lowest BCUT2D eigenvalue weighted by molar-refractivity contribution is 0.724. The van der Waals surface area contributed by atoms with Crippen LogP contribution in [0.5, 0.6) is 0 Å². The summed E-state index contributed by atoms with van der Waals surface area (Å²) >= 11 is 0. The summed E-state index contributed by atoms with van der Waals surface area (Å²) in [6.07, 6.45) is 5.61. The van der Waals surface area contributed by atoms with Gasteiger partial charge in [-0.2, -0.15) is 0 Å². The van der Waals surface area contributed by atoms with Crippen molar-refractivity contribution < 1.29 is 0 Å². The standard InChI is InChI=1S/C12H12N4/c1-9-11-4-3-7-16(11)15(2)12-5-6-13-8-10(12)14-9/h3-8,14H,1H2,2H3. The first-order valence-electron chi connectivity index (χ1n) is 5.09. The third-order valence-corrected chi connectivity index (χ3v) is 2.79. The summed E-state index contributed by atoms with van der Waals surface area (Å²) in [5, 5.41) is 0.878. The van der Waals surface area contributed by atoms with Gasteiger partial charge in [0.2, 0.25) is 0 Å². The minimum Gasteiger partial charge on any atom is -0.351 e. The fourth-order valence-corrected chi connectivity index (χ4v) is 1.98. The Hall–Kier alpha value is -2.23. The number of aromatic nitrogens is 4. The molecule has 80 valence electrons. The van der Waals surface area contributed by atoms with Crippen LogP contribution in [-0.2, 0) is 7.05 Å². The molecular weight excluding hydrogens is 200 g/mol. The minimum absolute atomic E-state index is 0.878. The van der Waals surface area contributed by atoms with Crippen molar-refractivity contribution in [2.24, 2.45) is 7.05 Å². The lowest BCUT2D eigenvalue weighted by Crippen LogP contribution is -2.06. The van der Waals surface area contributed by atoms with Crippen molar-refractivity contribution in [3.8, 4) is 0 Å². The second-order valence-corrected chi connectivity index (χ2v) is 3.76. The van der Waals surface area contributed by atoms with E-state index in [0.29, 0.717) is 0 Å². The van der Waals surface area contributed by atoms with Gasteiger partial charge < -0.3 is 4.98 Å². The molecule has 0 bridgehead atoms. The van der Waals surface area contributed by atoms with Gasteiger partial charge in [-0.05, 0) is 18.2 Å². The Morgan fingerprint density at radius 3 is 3.06 bits per heavy atom. The van der Waals surface area contributed by atoms with Gasteiger partial charge in [-0.15, -0.1) is 0 Å². The van der Waals surface area contributed by atoms with Gasteiger partial charge >= 0.3 is 0 Å². The molecule has 3 aromatic rings. The largest absolute Gasteiger partial charge is 0.351 e. The van der Waals surface area contributed by atoms with E-state index in [4.69, 9.17) is 0 Å². The average molecular weight is 212 g/mol. The van der Waals surface area contributed by atoms with E-state index in [2.05, 4.69) is 25.7 Å². The third kappa shape index (κ3) is 1.13. The number of hydrogen-bond acceptors (Lipinski definition) is 1. The zero-order valence-electron chi connectivity index (χ0n) is 9.01. The molecule has 0 spiro atoms. The van der Waals surface area contributed by atoms with E-state index in [9.17, 15) is 0 Å². The van der Waals surface area contributed by atoms with Crippen molar-refractivity contribution in [3.63, 3.8) is 0 Å². The highest BCUT2D eigenvalue weighted by Gasteiger charge is 1.99. The predicted octanol–water partition coefficient (Wildman–Crippen LogP) is 1.41. The Kier molecular flexibility index (Phi) is 1.77. The number of nitrogens with one attached hydrogen (secondary N) is 1. The van der Waals surface area contributed by atoms with Crippen LogP contribution >= 0.6 is 0 Å². The van der Waals surface area contributed by atoms with Crippen molar-refractivity contribution in [1.82, 2.24) is 19.2 Å². The molecule has 0 atom stereocenters. The van der Waals surface area contributed by atoms with Gasteiger partial charge in [-0.3, -0.25) is 14.2 Å². The van der Waals surface area contributed by atoms with Crippen molar-refractivity contribution in [2.75, 3.05) is 0 Å². The number of aromatic amines is 1. The van der Waals surface area contributed by atoms with Crippen molar-refractivity contribution in [2.45, 2.75) is 0 Å². The van der Waals surface area contributed by atoms with E-state index in [-0.39, 0.29) is 0 Å². The molecule has 16 heavy (non-hydrogen) atoms. The van der Waals surface area contributed by atoms with Gasteiger partial charge in [0.25, 0.3) is 0 Å². The van der Waals surface area contributed by atoms with Crippen molar-refractivity contribution in [1.29, 1.82) is 0 Å². The number of H-pyrrole nitrogens is 1. The normalized spacial score (nSPS) is 11.1. The van der Waals surface area contributed by atoms with Crippen LogP contribution in [0.4, 0.5) is 0 Å². The van der Waals surface area contributed by atoms with Gasteiger partial charge in [-0.1, -0.05) is 6.58 Å². The summed E-state index contributed by atoms with van der Waals surface area (Å²) in [6.45, 7) is 4.03. The number of nitrogens with zero attached hydrogens (tertiary/aromatic N) is 3. The molecule has 0 fully saturated rings. The van der Waals surface area contributed by atoms with Gasteiger partial charge in [0.1, 0.15) is 0 Å². The first kappa shape index (κ1) is 9.03.